The molecule has 0 aromatic heterocycles. The number of rotatable bonds is 0. The molecule has 0 amide bonds. The van der Waals surface area contributed by atoms with E-state index in [-0.39, 0.29) is 0 Å². The second kappa shape index (κ2) is 1.78. The van der Waals surface area contributed by atoms with Gasteiger partial charge in [-0.3, -0.25) is 0 Å². The van der Waals surface area contributed by atoms with Gasteiger partial charge < -0.3 is 10.2 Å². The predicted molar refractivity (Wildman–Crippen MR) is 44.3 cm³/mol. The van der Waals surface area contributed by atoms with Gasteiger partial charge in [0.25, 0.3) is 0 Å². The van der Waals surface area contributed by atoms with Gasteiger partial charge in [-0.1, -0.05) is 12.2 Å². The molecule has 0 saturated heterocycles. The molecule has 2 bridgehead atoms. The summed E-state index contributed by atoms with van der Waals surface area (Å²) in [5.41, 5.74) is -0.811. The van der Waals surface area contributed by atoms with Crippen LogP contribution in [0.15, 0.2) is 12.2 Å². The van der Waals surface area contributed by atoms with Crippen LogP contribution >= 0.6 is 0 Å². The summed E-state index contributed by atoms with van der Waals surface area (Å²) in [5.74, 6) is 1.78. The second-order valence-corrected chi connectivity index (χ2v) is 4.72. The fourth-order valence-corrected chi connectivity index (χ4v) is 3.58. The van der Waals surface area contributed by atoms with E-state index >= 15 is 0 Å². The highest BCUT2D eigenvalue weighted by molar-refractivity contribution is 5.25. The minimum atomic E-state index is -0.811. The second-order valence-electron chi connectivity index (χ2n) is 4.72. The van der Waals surface area contributed by atoms with Crippen LogP contribution in [0.1, 0.15) is 13.3 Å². The molecule has 2 saturated carbocycles. The van der Waals surface area contributed by atoms with Crippen molar-refractivity contribution < 1.29 is 10.2 Å². The van der Waals surface area contributed by atoms with Crippen molar-refractivity contribution in [3.8, 4) is 0 Å². The molecule has 0 heterocycles. The number of aliphatic hydroxyl groups is 2. The lowest BCUT2D eigenvalue weighted by atomic mass is 9.56. The van der Waals surface area contributed by atoms with E-state index in [9.17, 15) is 10.2 Å². The zero-order valence-corrected chi connectivity index (χ0v) is 7.14. The molecule has 6 atom stereocenters. The number of hydrogen-bond acceptors (Lipinski definition) is 2. The maximum Gasteiger partial charge on any atom is 0.0917 e. The van der Waals surface area contributed by atoms with E-state index in [1.807, 2.05) is 0 Å². The first-order valence-electron chi connectivity index (χ1n) is 4.71. The minimum absolute atomic E-state index is 0.336. The van der Waals surface area contributed by atoms with Crippen molar-refractivity contribution in [2.45, 2.75) is 25.0 Å². The Labute approximate surface area is 71.9 Å². The molecular weight excluding hydrogens is 152 g/mol. The average molecular weight is 166 g/mol. The van der Waals surface area contributed by atoms with Crippen molar-refractivity contribution in [2.24, 2.45) is 23.7 Å². The lowest BCUT2D eigenvalue weighted by Gasteiger charge is -2.55. The van der Waals surface area contributed by atoms with Crippen LogP contribution in [0.5, 0.6) is 0 Å². The Hall–Kier alpha value is -0.340. The average Bonchev–Trinajstić information content (AvgIpc) is 2.59. The van der Waals surface area contributed by atoms with E-state index in [1.54, 1.807) is 6.92 Å². The summed E-state index contributed by atoms with van der Waals surface area (Å²) >= 11 is 0. The van der Waals surface area contributed by atoms with Gasteiger partial charge in [0.05, 0.1) is 11.7 Å². The third-order valence-electron chi connectivity index (χ3n) is 4.16. The first-order valence-corrected chi connectivity index (χ1v) is 4.71. The highest BCUT2D eigenvalue weighted by Crippen LogP contribution is 2.62. The van der Waals surface area contributed by atoms with Gasteiger partial charge in [-0.15, -0.1) is 0 Å². The standard InChI is InChI=1S/C10H14O2/c1-10(12)8-6-3-2-5(4-6)7(8)9(10)11/h2-3,5-9,11-12H,4H2,1H3/t5-,6+,7-,8+,9-,10+/m1/s1. The molecule has 2 heteroatoms. The Balaban J connectivity index is 1.99. The molecule has 12 heavy (non-hydrogen) atoms. The summed E-state index contributed by atoms with van der Waals surface area (Å²) in [6.07, 6.45) is 5.10. The van der Waals surface area contributed by atoms with Crippen molar-refractivity contribution in [2.75, 3.05) is 0 Å². The van der Waals surface area contributed by atoms with Gasteiger partial charge in [0.1, 0.15) is 0 Å². The number of fused-ring (bicyclic) bond motifs is 5. The van der Waals surface area contributed by atoms with Gasteiger partial charge in [0.2, 0.25) is 0 Å². The van der Waals surface area contributed by atoms with Crippen LogP contribution in [0.4, 0.5) is 0 Å². The Morgan fingerprint density at radius 2 is 2.00 bits per heavy atom. The molecule has 0 aromatic carbocycles. The molecule has 3 aliphatic rings. The summed E-state index contributed by atoms with van der Waals surface area (Å²) in [6.45, 7) is 1.77. The summed E-state index contributed by atoms with van der Waals surface area (Å²) in [6, 6.07) is 0. The van der Waals surface area contributed by atoms with Crippen LogP contribution in [0.2, 0.25) is 0 Å². The topological polar surface area (TPSA) is 40.5 Å². The molecule has 2 nitrogen and oxygen atoms in total. The number of hydrogen-bond donors (Lipinski definition) is 2. The predicted octanol–water partition coefficient (Wildman–Crippen LogP) is 0.550. The van der Waals surface area contributed by atoms with E-state index in [4.69, 9.17) is 0 Å². The lowest BCUT2D eigenvalue weighted by molar-refractivity contribution is -0.227. The van der Waals surface area contributed by atoms with E-state index < -0.39 is 11.7 Å². The van der Waals surface area contributed by atoms with E-state index in [1.165, 1.54) is 0 Å². The van der Waals surface area contributed by atoms with Crippen LogP contribution in [0.25, 0.3) is 0 Å². The molecule has 2 N–H and O–H groups in total. The quantitative estimate of drug-likeness (QED) is 0.516. The molecule has 0 aromatic rings. The van der Waals surface area contributed by atoms with Gasteiger partial charge in [-0.25, -0.2) is 0 Å². The van der Waals surface area contributed by atoms with Crippen molar-refractivity contribution in [3.05, 3.63) is 12.2 Å². The Morgan fingerprint density at radius 1 is 1.33 bits per heavy atom. The molecule has 2 fully saturated rings. The van der Waals surface area contributed by atoms with Crippen LogP contribution in [-0.4, -0.2) is 21.9 Å². The summed E-state index contributed by atoms with van der Waals surface area (Å²) in [4.78, 5) is 0. The monoisotopic (exact) mass is 166 g/mol. The molecule has 66 valence electrons. The lowest BCUT2D eigenvalue weighted by Crippen LogP contribution is -2.65. The van der Waals surface area contributed by atoms with E-state index in [0.29, 0.717) is 23.7 Å². The zero-order chi connectivity index (χ0) is 8.51. The Kier molecular flexibility index (Phi) is 1.05. The van der Waals surface area contributed by atoms with Crippen LogP contribution in [0.3, 0.4) is 0 Å². The van der Waals surface area contributed by atoms with Crippen molar-refractivity contribution >= 4 is 0 Å². The van der Waals surface area contributed by atoms with E-state index in [0.717, 1.165) is 6.42 Å². The van der Waals surface area contributed by atoms with Crippen LogP contribution < -0.4 is 0 Å². The van der Waals surface area contributed by atoms with Gasteiger partial charge in [-0.2, -0.15) is 0 Å². The third kappa shape index (κ3) is 0.539. The molecule has 0 radical (unpaired) electrons. The zero-order valence-electron chi connectivity index (χ0n) is 7.14. The number of allylic oxidation sites excluding steroid dienone is 2. The molecule has 0 aliphatic heterocycles. The fraction of sp³-hybridized carbons (Fsp3) is 0.800. The molecule has 3 aliphatic carbocycles. The highest BCUT2D eigenvalue weighted by atomic mass is 16.3. The largest absolute Gasteiger partial charge is 0.390 e. The van der Waals surface area contributed by atoms with Gasteiger partial charge >= 0.3 is 0 Å². The summed E-state index contributed by atoms with van der Waals surface area (Å²) < 4.78 is 0. The van der Waals surface area contributed by atoms with E-state index in [2.05, 4.69) is 12.2 Å². The molecule has 0 unspecified atom stereocenters. The Bertz CT molecular complexity index is 257. The van der Waals surface area contributed by atoms with Gasteiger partial charge in [0, 0.05) is 11.8 Å². The third-order valence-corrected chi connectivity index (χ3v) is 4.16. The summed E-state index contributed by atoms with van der Waals surface area (Å²) in [7, 11) is 0. The smallest absolute Gasteiger partial charge is 0.0917 e. The summed E-state index contributed by atoms with van der Waals surface area (Å²) in [5, 5.41) is 19.6. The molecule has 3 rings (SSSR count). The van der Waals surface area contributed by atoms with Crippen molar-refractivity contribution in [3.63, 3.8) is 0 Å². The molecule has 0 spiro atoms. The van der Waals surface area contributed by atoms with Crippen molar-refractivity contribution in [1.82, 2.24) is 0 Å². The normalized spacial score (nSPS) is 66.4. The fourth-order valence-electron chi connectivity index (χ4n) is 3.58. The first kappa shape index (κ1) is 7.10. The van der Waals surface area contributed by atoms with Gasteiger partial charge in [0.15, 0.2) is 0 Å². The number of aliphatic hydroxyl groups excluding tert-OH is 1. The highest BCUT2D eigenvalue weighted by Gasteiger charge is 2.66. The van der Waals surface area contributed by atoms with Crippen molar-refractivity contribution in [1.29, 1.82) is 0 Å². The Morgan fingerprint density at radius 3 is 2.67 bits per heavy atom. The maximum atomic E-state index is 9.89. The molecular formula is C10H14O2. The maximum absolute atomic E-state index is 9.89. The first-order chi connectivity index (χ1) is 5.62. The minimum Gasteiger partial charge on any atom is -0.390 e. The van der Waals surface area contributed by atoms with Crippen LogP contribution in [-0.2, 0) is 0 Å². The van der Waals surface area contributed by atoms with Crippen LogP contribution in [0, 0.1) is 23.7 Å². The SMILES string of the molecule is C[C@]1(O)[C@@H]2[C@@H]([C@@H]3C=C[C@H]2C3)[C@H]1O. The van der Waals surface area contributed by atoms with Gasteiger partial charge in [-0.05, 0) is 25.2 Å².